The third-order valence-corrected chi connectivity index (χ3v) is 20.5. The number of benzene rings is 10. The van der Waals surface area contributed by atoms with Gasteiger partial charge >= 0.3 is 437 Å². The van der Waals surface area contributed by atoms with Crippen LogP contribution in [0, 0.1) is 0 Å². The second kappa shape index (κ2) is 25.3. The molecule has 11 rings (SSSR count). The summed E-state index contributed by atoms with van der Waals surface area (Å²) in [5.41, 5.74) is 18.9. The van der Waals surface area contributed by atoms with E-state index in [0.717, 1.165) is 38.5 Å². The first-order valence-electron chi connectivity index (χ1n) is 25.2. The maximum atomic E-state index is 2.64. The summed E-state index contributed by atoms with van der Waals surface area (Å²) < 4.78 is 0.193. The van der Waals surface area contributed by atoms with Gasteiger partial charge in [0.25, 0.3) is 0 Å². The minimum absolute atomic E-state index is 0. The summed E-state index contributed by atoms with van der Waals surface area (Å²) in [6, 6.07) is 99.1. The molecule has 0 amide bonds. The Morgan fingerprint density at radius 3 is 0.743 bits per heavy atom. The van der Waals surface area contributed by atoms with Crippen molar-refractivity contribution in [1.82, 2.24) is 0 Å². The van der Waals surface area contributed by atoms with Gasteiger partial charge in [0.05, 0.1) is 0 Å². The van der Waals surface area contributed by atoms with Crippen LogP contribution in [-0.2, 0) is 59.0 Å². The van der Waals surface area contributed by atoms with Crippen LogP contribution < -0.4 is 52.8 Å². The first-order chi connectivity index (χ1) is 35.0. The summed E-state index contributed by atoms with van der Waals surface area (Å²) in [6.07, 6.45) is 7.78. The third kappa shape index (κ3) is 12.5. The average molecular weight is 1070 g/mol. The molecule has 0 bridgehead atoms. The SMILES string of the molecule is [Cl-].[Cl-].[Cl-].[Ti+3][CH]1C([Si](c2cc(Cc3ccccc3)cc(Cc3ccccc3)c2)(c2cc(Cc3ccccc3)cc(Cc3ccccc3)c2)c2cc(Cc3ccccc3)cc(Cc3ccccc3)c2)=Cc2ccccc21. The average Bonchev–Trinajstić information content (AvgIpc) is 3.75. The molecule has 0 N–H and O–H groups in total. The number of hydrogen-bond donors (Lipinski definition) is 0. The Bertz CT molecular complexity index is 2930. The van der Waals surface area contributed by atoms with Crippen LogP contribution in [-0.4, -0.2) is 8.07 Å². The Kier molecular flexibility index (Phi) is 18.5. The molecule has 0 fully saturated rings. The summed E-state index contributed by atoms with van der Waals surface area (Å²) in [5, 5.41) is 5.90. The number of hydrogen-bond acceptors (Lipinski definition) is 0. The molecule has 10 aromatic carbocycles. The molecule has 10 aromatic rings. The monoisotopic (exact) mass is 1070 g/mol. The molecular formula is C69H57Cl3SiTi. The standard InChI is InChI=1S/C69H57Si.3ClH.Ti/c1-7-21-52(22-8-1)35-58-41-59(36-53-23-9-2-10-24-53)45-66(44-58)70(69-50-64-33-19-20-34-65(64)51-69,67-46-60(37-54-25-11-3-12-26-54)42-61(47-67)38-55-27-13-4-14-28-55)68-48-62(39-56-29-15-5-16-30-56)43-63(49-68)40-57-31-17-6-18-32-57;;;;/h1-34,41-51H,35-40H2;3*1H;/q;;;;+3/p-3. The van der Waals surface area contributed by atoms with Gasteiger partial charge in [0.1, 0.15) is 0 Å². The van der Waals surface area contributed by atoms with Crippen LogP contribution in [0.15, 0.2) is 266 Å². The molecule has 0 saturated carbocycles. The zero-order valence-corrected chi connectivity index (χ0v) is 46.2. The van der Waals surface area contributed by atoms with Gasteiger partial charge in [0.2, 0.25) is 0 Å². The maximum absolute atomic E-state index is 3.28. The molecule has 74 heavy (non-hydrogen) atoms. The van der Waals surface area contributed by atoms with Crippen LogP contribution >= 0.6 is 0 Å². The second-order valence-corrected chi connectivity index (χ2v) is 24.2. The predicted molar refractivity (Wildman–Crippen MR) is 297 cm³/mol. The van der Waals surface area contributed by atoms with E-state index in [-0.39, 0.29) is 41.4 Å². The molecule has 0 radical (unpaired) electrons. The van der Waals surface area contributed by atoms with Crippen molar-refractivity contribution >= 4 is 29.7 Å². The summed E-state index contributed by atoms with van der Waals surface area (Å²) >= 11 is 2.50. The number of rotatable bonds is 16. The van der Waals surface area contributed by atoms with Crippen molar-refractivity contribution in [2.24, 2.45) is 0 Å². The normalized spacial score (nSPS) is 12.6. The van der Waals surface area contributed by atoms with Crippen molar-refractivity contribution < 1.29 is 57.7 Å². The fourth-order valence-electron chi connectivity index (χ4n) is 11.2. The summed E-state index contributed by atoms with van der Waals surface area (Å²) in [5.74, 6) is 0. The first kappa shape index (κ1) is 54.0. The fourth-order valence-corrected chi connectivity index (χ4v) is 18.1. The molecule has 1 aliphatic rings. The number of halogens is 3. The van der Waals surface area contributed by atoms with Gasteiger partial charge in [-0.3, -0.25) is 0 Å². The van der Waals surface area contributed by atoms with Crippen molar-refractivity contribution in [2.75, 3.05) is 0 Å². The van der Waals surface area contributed by atoms with Gasteiger partial charge in [-0.15, -0.1) is 0 Å². The van der Waals surface area contributed by atoms with Crippen LogP contribution in [0.4, 0.5) is 0 Å². The van der Waals surface area contributed by atoms with Gasteiger partial charge in [-0.05, 0) is 0 Å². The van der Waals surface area contributed by atoms with E-state index in [1.54, 1.807) is 5.20 Å². The van der Waals surface area contributed by atoms with E-state index in [4.69, 9.17) is 0 Å². The van der Waals surface area contributed by atoms with Crippen LogP contribution in [0.2, 0.25) is 0 Å². The summed E-state index contributed by atoms with van der Waals surface area (Å²) in [7, 11) is -3.28. The molecule has 1 atom stereocenters. The van der Waals surface area contributed by atoms with Crippen molar-refractivity contribution in [3.63, 3.8) is 0 Å². The molecule has 0 spiro atoms. The Labute approximate surface area is 470 Å². The molecule has 0 aliphatic heterocycles. The fraction of sp³-hybridized carbons (Fsp3) is 0.101. The van der Waals surface area contributed by atoms with Gasteiger partial charge < -0.3 is 37.2 Å². The zero-order valence-electron chi connectivity index (χ0n) is 41.4. The third-order valence-electron chi connectivity index (χ3n) is 14.3. The van der Waals surface area contributed by atoms with Crippen LogP contribution in [0.5, 0.6) is 0 Å². The van der Waals surface area contributed by atoms with Crippen molar-refractivity contribution in [3.8, 4) is 0 Å². The van der Waals surface area contributed by atoms with Crippen LogP contribution in [0.3, 0.4) is 0 Å². The second-order valence-electron chi connectivity index (χ2n) is 19.5. The van der Waals surface area contributed by atoms with Gasteiger partial charge in [-0.1, -0.05) is 0 Å². The van der Waals surface area contributed by atoms with Crippen molar-refractivity contribution in [2.45, 2.75) is 42.7 Å². The Morgan fingerprint density at radius 2 is 0.500 bits per heavy atom. The molecule has 0 heterocycles. The first-order valence-corrected chi connectivity index (χ1v) is 28.1. The number of allylic oxidation sites excluding steroid dienone is 1. The molecule has 362 valence electrons. The molecule has 0 saturated heterocycles. The van der Waals surface area contributed by atoms with E-state index >= 15 is 0 Å². The summed E-state index contributed by atoms with van der Waals surface area (Å²) in [6.45, 7) is 0. The van der Waals surface area contributed by atoms with Gasteiger partial charge in [0.15, 0.2) is 0 Å². The summed E-state index contributed by atoms with van der Waals surface area (Å²) in [4.78, 5) is 0. The molecule has 1 aliphatic carbocycles. The molecule has 1 unspecified atom stereocenters. The van der Waals surface area contributed by atoms with Gasteiger partial charge in [0, 0.05) is 0 Å². The quantitative estimate of drug-likeness (QED) is 0.0953. The number of fused-ring (bicyclic) bond motifs is 1. The molecule has 0 aromatic heterocycles. The predicted octanol–water partition coefficient (Wildman–Crippen LogP) is 4.94. The van der Waals surface area contributed by atoms with E-state index in [1.807, 2.05) is 0 Å². The van der Waals surface area contributed by atoms with E-state index < -0.39 is 8.07 Å². The Morgan fingerprint density at radius 1 is 0.270 bits per heavy atom. The van der Waals surface area contributed by atoms with Crippen molar-refractivity contribution in [3.05, 3.63) is 344 Å². The molecule has 0 nitrogen and oxygen atoms in total. The minimum atomic E-state index is -3.28. The van der Waals surface area contributed by atoms with E-state index in [9.17, 15) is 0 Å². The molecular weight excluding hydrogens is 1010 g/mol. The van der Waals surface area contributed by atoms with Crippen molar-refractivity contribution in [1.29, 1.82) is 0 Å². The van der Waals surface area contributed by atoms with Gasteiger partial charge in [-0.2, -0.15) is 0 Å². The van der Waals surface area contributed by atoms with E-state index in [0.29, 0.717) is 0 Å². The Hall–Kier alpha value is -6.26. The topological polar surface area (TPSA) is 0 Å². The molecule has 5 heteroatoms. The van der Waals surface area contributed by atoms with Gasteiger partial charge in [-0.25, -0.2) is 0 Å². The Balaban J connectivity index is 0.00000243. The van der Waals surface area contributed by atoms with Crippen LogP contribution in [0.1, 0.15) is 82.1 Å². The van der Waals surface area contributed by atoms with E-state index in [2.05, 4.69) is 287 Å². The van der Waals surface area contributed by atoms with E-state index in [1.165, 1.54) is 93.4 Å². The van der Waals surface area contributed by atoms with Crippen LogP contribution in [0.25, 0.3) is 6.08 Å². The zero-order chi connectivity index (χ0) is 47.8.